The predicted octanol–water partition coefficient (Wildman–Crippen LogP) is 3.00. The highest BCUT2D eigenvalue weighted by Gasteiger charge is 2.15. The largest absolute Gasteiger partial charge is 0.352 e. The maximum Gasteiger partial charge on any atom is 0.240 e. The smallest absolute Gasteiger partial charge is 0.240 e. The van der Waals surface area contributed by atoms with Gasteiger partial charge >= 0.3 is 0 Å². The number of para-hydroxylation sites is 1. The number of rotatable bonds is 5. The van der Waals surface area contributed by atoms with E-state index in [1.54, 1.807) is 6.07 Å². The Balaban J connectivity index is 2.42. The Hall–Kier alpha value is -1.26. The number of halogens is 2. The van der Waals surface area contributed by atoms with Gasteiger partial charge in [0.25, 0.3) is 0 Å². The first kappa shape index (κ1) is 15.1. The van der Waals surface area contributed by atoms with E-state index in [-0.39, 0.29) is 18.5 Å². The molecule has 2 aromatic rings. The van der Waals surface area contributed by atoms with Crippen molar-refractivity contribution in [3.63, 3.8) is 0 Å². The van der Waals surface area contributed by atoms with Crippen LogP contribution in [0.1, 0.15) is 19.7 Å². The summed E-state index contributed by atoms with van der Waals surface area (Å²) >= 11 is 12.0. The molecule has 0 atom stereocenters. The van der Waals surface area contributed by atoms with E-state index < -0.39 is 0 Å². The van der Waals surface area contributed by atoms with Gasteiger partial charge in [0.2, 0.25) is 5.91 Å². The molecule has 0 saturated carbocycles. The van der Waals surface area contributed by atoms with Crippen LogP contribution >= 0.6 is 23.2 Å². The van der Waals surface area contributed by atoms with Crippen LogP contribution in [0.25, 0.3) is 11.0 Å². The van der Waals surface area contributed by atoms with Gasteiger partial charge in [0, 0.05) is 18.3 Å². The lowest BCUT2D eigenvalue weighted by Crippen LogP contribution is -2.33. The number of nitrogens with one attached hydrogen (secondary N) is 1. The van der Waals surface area contributed by atoms with Gasteiger partial charge in [-0.2, -0.15) is 0 Å². The fourth-order valence-corrected chi connectivity index (χ4v) is 2.59. The minimum atomic E-state index is -0.0601. The zero-order valence-electron chi connectivity index (χ0n) is 11.5. The number of hydrogen-bond donors (Lipinski definition) is 1. The van der Waals surface area contributed by atoms with Crippen molar-refractivity contribution in [2.45, 2.75) is 32.9 Å². The third kappa shape index (κ3) is 3.25. The molecule has 0 bridgehead atoms. The highest BCUT2D eigenvalue weighted by Crippen LogP contribution is 2.25. The van der Waals surface area contributed by atoms with Crippen LogP contribution in [0.4, 0.5) is 0 Å². The topological polar surface area (TPSA) is 46.9 Å². The van der Waals surface area contributed by atoms with Crippen molar-refractivity contribution >= 4 is 40.1 Å². The molecule has 0 aliphatic rings. The molecule has 2 rings (SSSR count). The van der Waals surface area contributed by atoms with E-state index in [4.69, 9.17) is 23.2 Å². The van der Waals surface area contributed by atoms with Crippen LogP contribution in [0.3, 0.4) is 0 Å². The average molecular weight is 314 g/mol. The van der Waals surface area contributed by atoms with Gasteiger partial charge < -0.3 is 9.88 Å². The van der Waals surface area contributed by atoms with Gasteiger partial charge in [-0.1, -0.05) is 17.7 Å². The molecule has 0 radical (unpaired) electrons. The number of nitrogens with zero attached hydrogens (tertiary/aromatic N) is 2. The molecule has 0 spiro atoms. The van der Waals surface area contributed by atoms with Crippen molar-refractivity contribution in [2.75, 3.05) is 5.88 Å². The van der Waals surface area contributed by atoms with E-state index in [2.05, 4.69) is 10.3 Å². The zero-order chi connectivity index (χ0) is 14.7. The number of hydrogen-bond acceptors (Lipinski definition) is 2. The van der Waals surface area contributed by atoms with Crippen LogP contribution < -0.4 is 5.32 Å². The predicted molar refractivity (Wildman–Crippen MR) is 82.4 cm³/mol. The van der Waals surface area contributed by atoms with Gasteiger partial charge in [-0.15, -0.1) is 11.6 Å². The van der Waals surface area contributed by atoms with Crippen molar-refractivity contribution < 1.29 is 4.79 Å². The van der Waals surface area contributed by atoms with Gasteiger partial charge in [0.1, 0.15) is 12.4 Å². The Morgan fingerprint density at radius 1 is 1.45 bits per heavy atom. The summed E-state index contributed by atoms with van der Waals surface area (Å²) in [4.78, 5) is 16.5. The van der Waals surface area contributed by atoms with Gasteiger partial charge in [0.05, 0.1) is 16.1 Å². The number of imidazole rings is 1. The maximum atomic E-state index is 12.0. The van der Waals surface area contributed by atoms with Crippen LogP contribution in [0.15, 0.2) is 18.2 Å². The fourth-order valence-electron chi connectivity index (χ4n) is 2.15. The summed E-state index contributed by atoms with van der Waals surface area (Å²) in [6.45, 7) is 4.05. The van der Waals surface area contributed by atoms with Crippen molar-refractivity contribution in [3.8, 4) is 0 Å². The Kier molecular flexibility index (Phi) is 4.89. The molecule has 0 aliphatic carbocycles. The molecule has 1 N–H and O–H groups in total. The molecular weight excluding hydrogens is 297 g/mol. The molecule has 0 unspecified atom stereocenters. The number of carbonyl (C=O) groups is 1. The summed E-state index contributed by atoms with van der Waals surface area (Å²) in [6, 6.07) is 5.63. The molecule has 0 saturated heterocycles. The molecule has 1 aromatic carbocycles. The van der Waals surface area contributed by atoms with Crippen molar-refractivity contribution in [1.82, 2.24) is 14.9 Å². The van der Waals surface area contributed by atoms with Crippen LogP contribution in [0.5, 0.6) is 0 Å². The molecule has 1 heterocycles. The van der Waals surface area contributed by atoms with Gasteiger partial charge in [-0.3, -0.25) is 4.79 Å². The van der Waals surface area contributed by atoms with Crippen molar-refractivity contribution in [1.29, 1.82) is 0 Å². The second-order valence-corrected chi connectivity index (χ2v) is 5.67. The second kappa shape index (κ2) is 6.46. The Bertz CT molecular complexity index is 622. The van der Waals surface area contributed by atoms with Crippen LogP contribution in [0, 0.1) is 0 Å². The van der Waals surface area contributed by atoms with Gasteiger partial charge in [-0.25, -0.2) is 4.98 Å². The number of carbonyl (C=O) groups excluding carboxylic acids is 1. The fraction of sp³-hybridized carbons (Fsp3) is 0.429. The molecule has 0 fully saturated rings. The Labute approximate surface area is 128 Å². The van der Waals surface area contributed by atoms with E-state index in [1.165, 1.54) is 0 Å². The molecule has 1 aromatic heterocycles. The number of aromatic nitrogens is 2. The summed E-state index contributed by atoms with van der Waals surface area (Å²) in [5, 5.41) is 3.46. The van der Waals surface area contributed by atoms with Crippen LogP contribution in [-0.4, -0.2) is 27.4 Å². The number of fused-ring (bicyclic) bond motifs is 1. The quantitative estimate of drug-likeness (QED) is 0.863. The third-order valence-corrected chi connectivity index (χ3v) is 3.36. The Morgan fingerprint density at radius 3 is 2.85 bits per heavy atom. The first-order valence-electron chi connectivity index (χ1n) is 6.52. The minimum Gasteiger partial charge on any atom is -0.352 e. The minimum absolute atomic E-state index is 0.0601. The van der Waals surface area contributed by atoms with E-state index in [0.717, 1.165) is 16.9 Å². The summed E-state index contributed by atoms with van der Waals surface area (Å²) < 4.78 is 1.84. The summed E-state index contributed by atoms with van der Waals surface area (Å²) in [6.07, 6.45) is 0.599. The number of benzene rings is 1. The summed E-state index contributed by atoms with van der Waals surface area (Å²) in [5.74, 6) is 1.17. The van der Waals surface area contributed by atoms with Crippen LogP contribution in [0.2, 0.25) is 5.02 Å². The van der Waals surface area contributed by atoms with E-state index in [0.29, 0.717) is 17.3 Å². The highest BCUT2D eigenvalue weighted by atomic mass is 35.5. The Morgan fingerprint density at radius 2 is 2.20 bits per heavy atom. The standard InChI is InChI=1S/C14H17Cl2N3O/c1-9(2)17-13(20)8-19-12(6-7-15)18-11-5-3-4-10(16)14(11)19/h3-5,9H,6-8H2,1-2H3,(H,17,20). The number of amides is 1. The van der Waals surface area contributed by atoms with Gasteiger partial charge in [-0.05, 0) is 26.0 Å². The van der Waals surface area contributed by atoms with Crippen molar-refractivity contribution in [2.24, 2.45) is 0 Å². The normalized spacial score (nSPS) is 11.2. The van der Waals surface area contributed by atoms with Gasteiger partial charge in [0.15, 0.2) is 0 Å². The molecular formula is C14H17Cl2N3O. The van der Waals surface area contributed by atoms with Crippen LogP contribution in [-0.2, 0) is 17.8 Å². The molecule has 6 heteroatoms. The lowest BCUT2D eigenvalue weighted by Gasteiger charge is -2.12. The van der Waals surface area contributed by atoms with Crippen molar-refractivity contribution in [3.05, 3.63) is 29.0 Å². The monoisotopic (exact) mass is 313 g/mol. The molecule has 0 aliphatic heterocycles. The summed E-state index contributed by atoms with van der Waals surface area (Å²) in [7, 11) is 0. The lowest BCUT2D eigenvalue weighted by molar-refractivity contribution is -0.122. The molecule has 108 valence electrons. The molecule has 4 nitrogen and oxygen atoms in total. The first-order chi connectivity index (χ1) is 9.52. The first-order valence-corrected chi connectivity index (χ1v) is 7.43. The van der Waals surface area contributed by atoms with E-state index >= 15 is 0 Å². The number of aryl methyl sites for hydroxylation is 1. The molecule has 20 heavy (non-hydrogen) atoms. The highest BCUT2D eigenvalue weighted by molar-refractivity contribution is 6.35. The number of alkyl halides is 1. The maximum absolute atomic E-state index is 12.0. The molecule has 1 amide bonds. The zero-order valence-corrected chi connectivity index (χ0v) is 13.0. The van der Waals surface area contributed by atoms with E-state index in [1.807, 2.05) is 30.5 Å². The second-order valence-electron chi connectivity index (χ2n) is 4.88. The van der Waals surface area contributed by atoms with E-state index in [9.17, 15) is 4.79 Å². The lowest BCUT2D eigenvalue weighted by atomic mass is 10.3. The third-order valence-electron chi connectivity index (χ3n) is 2.87. The SMILES string of the molecule is CC(C)NC(=O)Cn1c(CCCl)nc2cccc(Cl)c21. The summed E-state index contributed by atoms with van der Waals surface area (Å²) in [5.41, 5.74) is 1.57. The average Bonchev–Trinajstić information content (AvgIpc) is 2.68.